The molecule has 0 heterocycles. The zero-order chi connectivity index (χ0) is 12.1. The molecule has 0 aromatic heterocycles. The van der Waals surface area contributed by atoms with Crippen LogP contribution >= 0.6 is 11.6 Å². The summed E-state index contributed by atoms with van der Waals surface area (Å²) in [6, 6.07) is 15.1. The highest BCUT2D eigenvalue weighted by Gasteiger charge is 1.97. The van der Waals surface area contributed by atoms with Gasteiger partial charge in [0.25, 0.3) is 0 Å². The van der Waals surface area contributed by atoms with Gasteiger partial charge in [-0.05, 0) is 42.0 Å². The van der Waals surface area contributed by atoms with Crippen LogP contribution in [0.1, 0.15) is 5.56 Å². The van der Waals surface area contributed by atoms with E-state index < -0.39 is 0 Å². The van der Waals surface area contributed by atoms with E-state index in [0.717, 1.165) is 22.1 Å². The van der Waals surface area contributed by atoms with Gasteiger partial charge in [0.1, 0.15) is 18.1 Å². The Morgan fingerprint density at radius 1 is 1.00 bits per heavy atom. The molecule has 0 spiro atoms. The quantitative estimate of drug-likeness (QED) is 0.816. The summed E-state index contributed by atoms with van der Waals surface area (Å²) in [4.78, 5) is 0. The number of benzene rings is 2. The molecule has 0 radical (unpaired) electrons. The van der Waals surface area contributed by atoms with Gasteiger partial charge in [-0.15, -0.1) is 0 Å². The van der Waals surface area contributed by atoms with Crippen molar-refractivity contribution in [1.29, 1.82) is 0 Å². The van der Waals surface area contributed by atoms with E-state index in [2.05, 4.69) is 0 Å². The topological polar surface area (TPSA) is 18.5 Å². The molecule has 2 aromatic rings. The maximum absolute atomic E-state index is 5.89. The molecule has 2 aromatic carbocycles. The fourth-order valence-corrected chi connectivity index (χ4v) is 1.68. The van der Waals surface area contributed by atoms with Crippen molar-refractivity contribution < 1.29 is 9.47 Å². The lowest BCUT2D eigenvalue weighted by Crippen LogP contribution is -1.95. The molecule has 88 valence electrons. The predicted molar refractivity (Wildman–Crippen MR) is 68.8 cm³/mol. The normalized spacial score (nSPS) is 10.0. The van der Waals surface area contributed by atoms with Crippen molar-refractivity contribution in [3.05, 3.63) is 59.1 Å². The van der Waals surface area contributed by atoms with Crippen LogP contribution in [0, 0.1) is 0 Å². The van der Waals surface area contributed by atoms with Crippen LogP contribution in [0.25, 0.3) is 0 Å². The zero-order valence-corrected chi connectivity index (χ0v) is 10.3. The first-order valence-electron chi connectivity index (χ1n) is 5.29. The van der Waals surface area contributed by atoms with E-state index in [1.165, 1.54) is 0 Å². The summed E-state index contributed by atoms with van der Waals surface area (Å²) < 4.78 is 10.7. The molecule has 0 bridgehead atoms. The van der Waals surface area contributed by atoms with Crippen LogP contribution in [-0.2, 0) is 6.61 Å². The molecule has 0 amide bonds. The molecule has 0 aliphatic carbocycles. The van der Waals surface area contributed by atoms with E-state index in [0.29, 0.717) is 6.61 Å². The lowest BCUT2D eigenvalue weighted by atomic mass is 10.2. The van der Waals surface area contributed by atoms with Crippen molar-refractivity contribution in [1.82, 2.24) is 0 Å². The van der Waals surface area contributed by atoms with Gasteiger partial charge in [-0.2, -0.15) is 0 Å². The van der Waals surface area contributed by atoms with Crippen LogP contribution in [0.4, 0.5) is 0 Å². The SMILES string of the molecule is COc1ccc(OCc2cccc(Cl)c2)cc1. The zero-order valence-electron chi connectivity index (χ0n) is 9.52. The fraction of sp³-hybridized carbons (Fsp3) is 0.143. The second kappa shape index (κ2) is 5.60. The first kappa shape index (κ1) is 11.8. The second-order valence-electron chi connectivity index (χ2n) is 3.59. The maximum Gasteiger partial charge on any atom is 0.120 e. The molecule has 3 heteroatoms. The van der Waals surface area contributed by atoms with Crippen molar-refractivity contribution in [3.8, 4) is 11.5 Å². The van der Waals surface area contributed by atoms with Gasteiger partial charge in [0, 0.05) is 5.02 Å². The van der Waals surface area contributed by atoms with Crippen LogP contribution in [0.2, 0.25) is 5.02 Å². The average molecular weight is 249 g/mol. The Balaban J connectivity index is 1.97. The van der Waals surface area contributed by atoms with Crippen molar-refractivity contribution in [3.63, 3.8) is 0 Å². The molecule has 0 saturated carbocycles. The minimum absolute atomic E-state index is 0.507. The highest BCUT2D eigenvalue weighted by atomic mass is 35.5. The highest BCUT2D eigenvalue weighted by Crippen LogP contribution is 2.19. The summed E-state index contributed by atoms with van der Waals surface area (Å²) in [5.74, 6) is 1.63. The highest BCUT2D eigenvalue weighted by molar-refractivity contribution is 6.30. The third-order valence-electron chi connectivity index (χ3n) is 2.35. The lowest BCUT2D eigenvalue weighted by Gasteiger charge is -2.07. The minimum Gasteiger partial charge on any atom is -0.497 e. The molecule has 0 fully saturated rings. The number of halogens is 1. The molecular weight excluding hydrogens is 236 g/mol. The van der Waals surface area contributed by atoms with Gasteiger partial charge < -0.3 is 9.47 Å². The van der Waals surface area contributed by atoms with Crippen LogP contribution in [0.5, 0.6) is 11.5 Å². The Labute approximate surface area is 106 Å². The third-order valence-corrected chi connectivity index (χ3v) is 2.59. The summed E-state index contributed by atoms with van der Waals surface area (Å²) >= 11 is 5.89. The molecule has 0 aliphatic heterocycles. The summed E-state index contributed by atoms with van der Waals surface area (Å²) in [6.45, 7) is 0.507. The van der Waals surface area contributed by atoms with Gasteiger partial charge in [0.2, 0.25) is 0 Å². The van der Waals surface area contributed by atoms with E-state index in [1.807, 2.05) is 48.5 Å². The first-order chi connectivity index (χ1) is 8.28. The Morgan fingerprint density at radius 2 is 1.71 bits per heavy atom. The lowest BCUT2D eigenvalue weighted by molar-refractivity contribution is 0.305. The van der Waals surface area contributed by atoms with E-state index in [4.69, 9.17) is 21.1 Å². The van der Waals surface area contributed by atoms with E-state index in [1.54, 1.807) is 7.11 Å². The van der Waals surface area contributed by atoms with Crippen molar-refractivity contribution in [2.75, 3.05) is 7.11 Å². The van der Waals surface area contributed by atoms with Gasteiger partial charge >= 0.3 is 0 Å². The molecule has 0 saturated heterocycles. The number of hydrogen-bond donors (Lipinski definition) is 0. The van der Waals surface area contributed by atoms with Crippen LogP contribution in [0.15, 0.2) is 48.5 Å². The maximum atomic E-state index is 5.89. The monoisotopic (exact) mass is 248 g/mol. The second-order valence-corrected chi connectivity index (χ2v) is 4.03. The standard InChI is InChI=1S/C14H13ClO2/c1-16-13-5-7-14(8-6-13)17-10-11-3-2-4-12(15)9-11/h2-9H,10H2,1H3. The van der Waals surface area contributed by atoms with Crippen molar-refractivity contribution >= 4 is 11.6 Å². The minimum atomic E-state index is 0.507. The van der Waals surface area contributed by atoms with E-state index >= 15 is 0 Å². The van der Waals surface area contributed by atoms with Crippen molar-refractivity contribution in [2.24, 2.45) is 0 Å². The molecule has 0 atom stereocenters. The van der Waals surface area contributed by atoms with Gasteiger partial charge in [-0.1, -0.05) is 23.7 Å². The molecule has 2 rings (SSSR count). The van der Waals surface area contributed by atoms with Crippen molar-refractivity contribution in [2.45, 2.75) is 6.61 Å². The fourth-order valence-electron chi connectivity index (χ4n) is 1.47. The van der Waals surface area contributed by atoms with Crippen LogP contribution in [-0.4, -0.2) is 7.11 Å². The molecular formula is C14H13ClO2. The summed E-state index contributed by atoms with van der Waals surface area (Å²) in [7, 11) is 1.64. The van der Waals surface area contributed by atoms with Crippen LogP contribution < -0.4 is 9.47 Å². The predicted octanol–water partition coefficient (Wildman–Crippen LogP) is 3.93. The number of rotatable bonds is 4. The van der Waals surface area contributed by atoms with E-state index in [-0.39, 0.29) is 0 Å². The summed E-state index contributed by atoms with van der Waals surface area (Å²) in [5.41, 5.74) is 1.05. The Hall–Kier alpha value is -1.67. The number of hydrogen-bond acceptors (Lipinski definition) is 2. The Kier molecular flexibility index (Phi) is 3.89. The molecule has 0 N–H and O–H groups in total. The van der Waals surface area contributed by atoms with Gasteiger partial charge in [-0.25, -0.2) is 0 Å². The average Bonchev–Trinajstić information content (AvgIpc) is 2.37. The van der Waals surface area contributed by atoms with E-state index in [9.17, 15) is 0 Å². The van der Waals surface area contributed by atoms with Gasteiger partial charge in [0.05, 0.1) is 7.11 Å². The summed E-state index contributed by atoms with van der Waals surface area (Å²) in [5, 5.41) is 0.723. The third kappa shape index (κ3) is 3.40. The first-order valence-corrected chi connectivity index (χ1v) is 5.67. The Morgan fingerprint density at radius 3 is 2.35 bits per heavy atom. The van der Waals surface area contributed by atoms with Crippen LogP contribution in [0.3, 0.4) is 0 Å². The molecule has 0 aliphatic rings. The van der Waals surface area contributed by atoms with Gasteiger partial charge in [-0.3, -0.25) is 0 Å². The molecule has 2 nitrogen and oxygen atoms in total. The molecule has 17 heavy (non-hydrogen) atoms. The largest absolute Gasteiger partial charge is 0.497 e. The number of ether oxygens (including phenoxy) is 2. The molecule has 0 unspecified atom stereocenters. The smallest absolute Gasteiger partial charge is 0.120 e. The Bertz CT molecular complexity index is 480. The number of methoxy groups -OCH3 is 1. The van der Waals surface area contributed by atoms with Gasteiger partial charge in [0.15, 0.2) is 0 Å². The summed E-state index contributed by atoms with van der Waals surface area (Å²) in [6.07, 6.45) is 0.